The number of carbonyl (C=O) groups excluding carboxylic acids is 2. The molecule has 36 heavy (non-hydrogen) atoms. The molecule has 1 saturated heterocycles. The molecule has 0 saturated carbocycles. The molecule has 0 aromatic heterocycles. The second-order valence-electron chi connectivity index (χ2n) is 9.54. The van der Waals surface area contributed by atoms with E-state index in [-0.39, 0.29) is 18.2 Å². The van der Waals surface area contributed by atoms with Crippen LogP contribution in [0.3, 0.4) is 0 Å². The molecular weight excluding hydrogens is 456 g/mol. The van der Waals surface area contributed by atoms with Gasteiger partial charge >= 0.3 is 0 Å². The van der Waals surface area contributed by atoms with Crippen molar-refractivity contribution in [2.75, 3.05) is 38.4 Å². The fourth-order valence-corrected chi connectivity index (χ4v) is 4.50. The first-order valence-corrected chi connectivity index (χ1v) is 12.7. The van der Waals surface area contributed by atoms with Gasteiger partial charge in [-0.2, -0.15) is 5.10 Å². The lowest BCUT2D eigenvalue weighted by molar-refractivity contribution is -0.119. The number of hydrazone groups is 1. The van der Waals surface area contributed by atoms with E-state index in [0.717, 1.165) is 60.7 Å². The largest absolute Gasteiger partial charge is 0.492 e. The normalized spacial score (nSPS) is 16.7. The highest BCUT2D eigenvalue weighted by Crippen LogP contribution is 2.25. The van der Waals surface area contributed by atoms with Crippen LogP contribution in [-0.2, 0) is 20.9 Å². The van der Waals surface area contributed by atoms with Crippen LogP contribution in [0.25, 0.3) is 0 Å². The van der Waals surface area contributed by atoms with Gasteiger partial charge in [-0.05, 0) is 68.6 Å². The zero-order chi connectivity index (χ0) is 25.5. The molecule has 2 amide bonds. The van der Waals surface area contributed by atoms with Gasteiger partial charge in [-0.15, -0.1) is 0 Å². The van der Waals surface area contributed by atoms with Gasteiger partial charge in [0.2, 0.25) is 5.91 Å². The molecule has 8 heteroatoms. The van der Waals surface area contributed by atoms with Crippen LogP contribution in [0, 0.1) is 13.8 Å². The molecule has 0 aliphatic carbocycles. The van der Waals surface area contributed by atoms with E-state index >= 15 is 0 Å². The Kier molecular flexibility index (Phi) is 8.72. The molecule has 1 fully saturated rings. The number of ether oxygens (including phenoxy) is 2. The molecule has 1 N–H and O–H groups in total. The van der Waals surface area contributed by atoms with Crippen LogP contribution in [0.15, 0.2) is 47.6 Å². The number of carbonyl (C=O) groups is 2. The monoisotopic (exact) mass is 492 g/mol. The molecule has 2 heterocycles. The minimum atomic E-state index is -0.262. The van der Waals surface area contributed by atoms with Crippen LogP contribution in [0.1, 0.15) is 42.4 Å². The van der Waals surface area contributed by atoms with Crippen molar-refractivity contribution in [2.45, 2.75) is 52.1 Å². The van der Waals surface area contributed by atoms with Crippen molar-refractivity contribution in [3.8, 4) is 5.75 Å². The maximum atomic E-state index is 12.9. The first-order valence-electron chi connectivity index (χ1n) is 12.7. The number of nitrogens with one attached hydrogen (secondary N) is 1. The zero-order valence-corrected chi connectivity index (χ0v) is 21.5. The summed E-state index contributed by atoms with van der Waals surface area (Å²) < 4.78 is 11.4. The Labute approximate surface area is 213 Å². The van der Waals surface area contributed by atoms with E-state index in [1.54, 1.807) is 0 Å². The van der Waals surface area contributed by atoms with Gasteiger partial charge in [0.25, 0.3) is 5.91 Å². The number of benzene rings is 2. The average Bonchev–Trinajstić information content (AvgIpc) is 2.90. The fourth-order valence-electron chi connectivity index (χ4n) is 4.50. The second kappa shape index (κ2) is 12.1. The molecule has 8 nitrogen and oxygen atoms in total. The topological polar surface area (TPSA) is 83.5 Å². The summed E-state index contributed by atoms with van der Waals surface area (Å²) in [6.45, 7) is 7.37. The summed E-state index contributed by atoms with van der Waals surface area (Å²) >= 11 is 0. The highest BCUT2D eigenvalue weighted by molar-refractivity contribution is 6.40. The number of hydrogen-bond acceptors (Lipinski definition) is 6. The van der Waals surface area contributed by atoms with E-state index in [4.69, 9.17) is 9.47 Å². The Hall–Kier alpha value is -3.23. The third-order valence-electron chi connectivity index (χ3n) is 6.77. The van der Waals surface area contributed by atoms with Crippen molar-refractivity contribution in [3.63, 3.8) is 0 Å². The van der Waals surface area contributed by atoms with Gasteiger partial charge in [0, 0.05) is 45.2 Å². The zero-order valence-electron chi connectivity index (χ0n) is 21.5. The van der Waals surface area contributed by atoms with E-state index in [1.807, 2.05) is 56.3 Å². The maximum absolute atomic E-state index is 12.9. The Bertz CT molecular complexity index is 1110. The molecule has 0 spiro atoms. The molecule has 0 atom stereocenters. The minimum absolute atomic E-state index is 0.104. The molecular formula is C28H36N4O4. The third kappa shape index (κ3) is 6.71. The maximum Gasteiger partial charge on any atom is 0.267 e. The van der Waals surface area contributed by atoms with Crippen molar-refractivity contribution >= 4 is 23.2 Å². The number of rotatable bonds is 9. The van der Waals surface area contributed by atoms with E-state index in [1.165, 1.54) is 5.01 Å². The number of anilines is 1. The van der Waals surface area contributed by atoms with E-state index < -0.39 is 0 Å². The van der Waals surface area contributed by atoms with Crippen LogP contribution in [-0.4, -0.2) is 61.9 Å². The number of hydrogen-bond donors (Lipinski definition) is 1. The molecule has 4 rings (SSSR count). The summed E-state index contributed by atoms with van der Waals surface area (Å²) in [6, 6.07) is 14.2. The Morgan fingerprint density at radius 1 is 1.17 bits per heavy atom. The van der Waals surface area contributed by atoms with Crippen LogP contribution in [0.4, 0.5) is 5.69 Å². The standard InChI is InChI=1S/C28H36N4O4/c1-20-7-8-21(2)26(17-20)32-27(33)10-9-25(30-32)28(34)29-19-22-5-4-6-24(18-22)36-16-13-31(3)23-11-14-35-15-12-23/h4-8,17-18,23H,9-16,19H2,1-3H3,(H,29,34). The summed E-state index contributed by atoms with van der Waals surface area (Å²) in [5, 5.41) is 8.72. The molecule has 2 aromatic carbocycles. The average molecular weight is 493 g/mol. The van der Waals surface area contributed by atoms with E-state index in [2.05, 4.69) is 22.4 Å². The van der Waals surface area contributed by atoms with Crippen molar-refractivity contribution < 1.29 is 19.1 Å². The van der Waals surface area contributed by atoms with Gasteiger partial charge in [0.1, 0.15) is 18.1 Å². The van der Waals surface area contributed by atoms with Crippen molar-refractivity contribution in [2.24, 2.45) is 5.10 Å². The quantitative estimate of drug-likeness (QED) is 0.578. The van der Waals surface area contributed by atoms with Gasteiger partial charge < -0.3 is 14.8 Å². The first-order chi connectivity index (χ1) is 17.4. The summed E-state index contributed by atoms with van der Waals surface area (Å²) in [7, 11) is 2.13. The molecule has 0 bridgehead atoms. The Morgan fingerprint density at radius 3 is 2.78 bits per heavy atom. The minimum Gasteiger partial charge on any atom is -0.492 e. The van der Waals surface area contributed by atoms with Crippen LogP contribution in [0.2, 0.25) is 0 Å². The number of likely N-dealkylation sites (N-methyl/N-ethyl adjacent to an activating group) is 1. The summed E-state index contributed by atoms with van der Waals surface area (Å²) in [5.74, 6) is 0.415. The van der Waals surface area contributed by atoms with Crippen LogP contribution >= 0.6 is 0 Å². The number of nitrogens with zero attached hydrogens (tertiary/aromatic N) is 3. The van der Waals surface area contributed by atoms with Crippen molar-refractivity contribution in [1.82, 2.24) is 10.2 Å². The van der Waals surface area contributed by atoms with Crippen molar-refractivity contribution in [3.05, 3.63) is 59.2 Å². The third-order valence-corrected chi connectivity index (χ3v) is 6.77. The van der Waals surface area contributed by atoms with Gasteiger partial charge in [-0.1, -0.05) is 24.3 Å². The second-order valence-corrected chi connectivity index (χ2v) is 9.54. The van der Waals surface area contributed by atoms with Gasteiger partial charge in [-0.25, -0.2) is 5.01 Å². The summed E-state index contributed by atoms with van der Waals surface area (Å²) in [6.07, 6.45) is 2.71. The first kappa shape index (κ1) is 25.9. The van der Waals surface area contributed by atoms with E-state index in [9.17, 15) is 9.59 Å². The van der Waals surface area contributed by atoms with Crippen LogP contribution < -0.4 is 15.1 Å². The predicted molar refractivity (Wildman–Crippen MR) is 140 cm³/mol. The highest BCUT2D eigenvalue weighted by atomic mass is 16.5. The van der Waals surface area contributed by atoms with Gasteiger partial charge in [0.05, 0.1) is 5.69 Å². The van der Waals surface area contributed by atoms with Crippen molar-refractivity contribution in [1.29, 1.82) is 0 Å². The van der Waals surface area contributed by atoms with Crippen LogP contribution in [0.5, 0.6) is 5.75 Å². The number of aryl methyl sites for hydroxylation is 2. The molecule has 2 aliphatic rings. The van der Waals surface area contributed by atoms with E-state index in [0.29, 0.717) is 31.3 Å². The summed E-state index contributed by atoms with van der Waals surface area (Å²) in [5.41, 5.74) is 4.00. The SMILES string of the molecule is Cc1ccc(C)c(N2N=C(C(=O)NCc3cccc(OCCN(C)C4CCOCC4)c3)CCC2=O)c1. The lowest BCUT2D eigenvalue weighted by Crippen LogP contribution is -2.39. The highest BCUT2D eigenvalue weighted by Gasteiger charge is 2.26. The Morgan fingerprint density at radius 2 is 1.97 bits per heavy atom. The summed E-state index contributed by atoms with van der Waals surface area (Å²) in [4.78, 5) is 27.7. The molecule has 0 unspecified atom stereocenters. The van der Waals surface area contributed by atoms with Gasteiger partial charge in [0.15, 0.2) is 0 Å². The van der Waals surface area contributed by atoms with Gasteiger partial charge in [-0.3, -0.25) is 14.5 Å². The molecule has 192 valence electrons. The fraction of sp³-hybridized carbons (Fsp3) is 0.464. The Balaban J connectivity index is 1.31. The molecule has 0 radical (unpaired) electrons. The molecule has 2 aromatic rings. The predicted octanol–water partition coefficient (Wildman–Crippen LogP) is 3.59. The lowest BCUT2D eigenvalue weighted by atomic mass is 10.1. The molecule has 2 aliphatic heterocycles. The smallest absolute Gasteiger partial charge is 0.267 e. The lowest BCUT2D eigenvalue weighted by Gasteiger charge is -2.31. The number of amides is 2.